The molecule has 1 atom stereocenters. The predicted molar refractivity (Wildman–Crippen MR) is 60.0 cm³/mol. The zero-order valence-electron chi connectivity index (χ0n) is 8.20. The van der Waals surface area contributed by atoms with Crippen molar-refractivity contribution in [2.24, 2.45) is 0 Å². The van der Waals surface area contributed by atoms with E-state index < -0.39 is 5.60 Å². The highest BCUT2D eigenvalue weighted by molar-refractivity contribution is 9.10. The Morgan fingerprint density at radius 1 is 1.29 bits per heavy atom. The maximum absolute atomic E-state index is 10.1. The molecule has 0 amide bonds. The third-order valence-corrected chi connectivity index (χ3v) is 2.82. The van der Waals surface area contributed by atoms with Crippen LogP contribution in [0.1, 0.15) is 25.3 Å². The normalized spacial score (nSPS) is 15.1. The van der Waals surface area contributed by atoms with E-state index in [-0.39, 0.29) is 6.61 Å². The van der Waals surface area contributed by atoms with Crippen molar-refractivity contribution in [3.05, 3.63) is 34.3 Å². The van der Waals surface area contributed by atoms with Crippen molar-refractivity contribution in [2.45, 2.75) is 25.4 Å². The highest BCUT2D eigenvalue weighted by atomic mass is 79.9. The molecule has 2 nitrogen and oxygen atoms in total. The second-order valence-electron chi connectivity index (χ2n) is 3.61. The Hall–Kier alpha value is -0.380. The van der Waals surface area contributed by atoms with E-state index in [0.29, 0.717) is 12.8 Å². The van der Waals surface area contributed by atoms with Gasteiger partial charge in [-0.05, 0) is 37.5 Å². The first kappa shape index (κ1) is 11.7. The fourth-order valence-electron chi connectivity index (χ4n) is 1.38. The van der Waals surface area contributed by atoms with Crippen LogP contribution in [0.5, 0.6) is 0 Å². The van der Waals surface area contributed by atoms with Crippen LogP contribution in [-0.4, -0.2) is 16.8 Å². The van der Waals surface area contributed by atoms with Crippen LogP contribution in [-0.2, 0) is 5.60 Å². The van der Waals surface area contributed by atoms with Gasteiger partial charge in [0.1, 0.15) is 0 Å². The summed E-state index contributed by atoms with van der Waals surface area (Å²) in [6.45, 7) is 1.89. The molecule has 1 aromatic rings. The van der Waals surface area contributed by atoms with Gasteiger partial charge in [-0.15, -0.1) is 0 Å². The molecule has 2 N–H and O–H groups in total. The van der Waals surface area contributed by atoms with Crippen molar-refractivity contribution in [2.75, 3.05) is 6.61 Å². The van der Waals surface area contributed by atoms with Gasteiger partial charge in [-0.1, -0.05) is 28.1 Å². The zero-order valence-corrected chi connectivity index (χ0v) is 9.79. The number of hydrogen-bond acceptors (Lipinski definition) is 2. The minimum Gasteiger partial charge on any atom is -0.396 e. The third-order valence-electron chi connectivity index (χ3n) is 2.29. The van der Waals surface area contributed by atoms with Crippen molar-refractivity contribution in [3.8, 4) is 0 Å². The molecule has 1 aromatic carbocycles. The molecule has 0 saturated heterocycles. The van der Waals surface area contributed by atoms with Crippen LogP contribution in [0.2, 0.25) is 0 Å². The van der Waals surface area contributed by atoms with Crippen LogP contribution in [0.4, 0.5) is 0 Å². The molecule has 0 aliphatic carbocycles. The van der Waals surface area contributed by atoms with Crippen molar-refractivity contribution in [1.29, 1.82) is 0 Å². The Balaban J connectivity index is 2.75. The first-order valence-electron chi connectivity index (χ1n) is 4.65. The van der Waals surface area contributed by atoms with Gasteiger partial charge in [0.15, 0.2) is 0 Å². The number of hydrogen-bond donors (Lipinski definition) is 2. The molecule has 0 bridgehead atoms. The summed E-state index contributed by atoms with van der Waals surface area (Å²) in [4.78, 5) is 0. The summed E-state index contributed by atoms with van der Waals surface area (Å²) in [7, 11) is 0. The summed E-state index contributed by atoms with van der Waals surface area (Å²) in [6, 6.07) is 7.59. The number of rotatable bonds is 4. The van der Waals surface area contributed by atoms with Crippen LogP contribution in [0.3, 0.4) is 0 Å². The summed E-state index contributed by atoms with van der Waals surface area (Å²) in [5.74, 6) is 0. The molecule has 3 heteroatoms. The first-order chi connectivity index (χ1) is 6.56. The standard InChI is InChI=1S/C11H15BrO2/c1-11(14,7-2-8-13)9-3-5-10(12)6-4-9/h3-6,13-14H,2,7-8H2,1H3. The smallest absolute Gasteiger partial charge is 0.0869 e. The minimum absolute atomic E-state index is 0.118. The molecular weight excluding hydrogens is 244 g/mol. The molecule has 0 fully saturated rings. The van der Waals surface area contributed by atoms with Gasteiger partial charge < -0.3 is 10.2 Å². The third kappa shape index (κ3) is 3.08. The Bertz CT molecular complexity index is 280. The predicted octanol–water partition coefficient (Wildman–Crippen LogP) is 2.43. The molecule has 0 aliphatic rings. The van der Waals surface area contributed by atoms with Crippen molar-refractivity contribution in [3.63, 3.8) is 0 Å². The average Bonchev–Trinajstić information content (AvgIpc) is 2.16. The van der Waals surface area contributed by atoms with Crippen molar-refractivity contribution >= 4 is 15.9 Å². The minimum atomic E-state index is -0.844. The molecule has 1 unspecified atom stereocenters. The van der Waals surface area contributed by atoms with E-state index in [1.807, 2.05) is 24.3 Å². The number of aliphatic hydroxyl groups excluding tert-OH is 1. The molecule has 0 spiro atoms. The lowest BCUT2D eigenvalue weighted by Gasteiger charge is -2.23. The van der Waals surface area contributed by atoms with E-state index in [2.05, 4.69) is 15.9 Å². The number of aliphatic hydroxyl groups is 2. The second kappa shape index (κ2) is 4.91. The lowest BCUT2D eigenvalue weighted by atomic mass is 9.91. The fourth-order valence-corrected chi connectivity index (χ4v) is 1.64. The van der Waals surface area contributed by atoms with Crippen LogP contribution < -0.4 is 0 Å². The van der Waals surface area contributed by atoms with Crippen molar-refractivity contribution < 1.29 is 10.2 Å². The second-order valence-corrected chi connectivity index (χ2v) is 4.52. The first-order valence-corrected chi connectivity index (χ1v) is 5.45. The Morgan fingerprint density at radius 2 is 1.86 bits per heavy atom. The van der Waals surface area contributed by atoms with E-state index in [4.69, 9.17) is 5.11 Å². The fraction of sp³-hybridized carbons (Fsp3) is 0.455. The highest BCUT2D eigenvalue weighted by Crippen LogP contribution is 2.26. The lowest BCUT2D eigenvalue weighted by molar-refractivity contribution is 0.0403. The van der Waals surface area contributed by atoms with E-state index in [1.54, 1.807) is 6.92 Å². The quantitative estimate of drug-likeness (QED) is 0.871. The summed E-state index contributed by atoms with van der Waals surface area (Å²) in [6.07, 6.45) is 1.19. The molecular formula is C11H15BrO2. The molecule has 78 valence electrons. The monoisotopic (exact) mass is 258 g/mol. The average molecular weight is 259 g/mol. The lowest BCUT2D eigenvalue weighted by Crippen LogP contribution is -2.21. The van der Waals surface area contributed by atoms with Gasteiger partial charge in [0, 0.05) is 11.1 Å². The topological polar surface area (TPSA) is 40.5 Å². The molecule has 0 aliphatic heterocycles. The summed E-state index contributed by atoms with van der Waals surface area (Å²) >= 11 is 3.34. The maximum Gasteiger partial charge on any atom is 0.0869 e. The molecule has 14 heavy (non-hydrogen) atoms. The highest BCUT2D eigenvalue weighted by Gasteiger charge is 2.21. The zero-order chi connectivity index (χ0) is 10.6. The number of halogens is 1. The van der Waals surface area contributed by atoms with Gasteiger partial charge in [-0.25, -0.2) is 0 Å². The molecule has 0 radical (unpaired) electrons. The van der Waals surface area contributed by atoms with Crippen molar-refractivity contribution in [1.82, 2.24) is 0 Å². The van der Waals surface area contributed by atoms with Gasteiger partial charge >= 0.3 is 0 Å². The van der Waals surface area contributed by atoms with Gasteiger partial charge in [-0.2, -0.15) is 0 Å². The molecule has 0 heterocycles. The summed E-state index contributed by atoms with van der Waals surface area (Å²) < 4.78 is 0.999. The summed E-state index contributed by atoms with van der Waals surface area (Å²) in [5.41, 5.74) is 0.0397. The Kier molecular flexibility index (Phi) is 4.11. The molecule has 0 aromatic heterocycles. The van der Waals surface area contributed by atoms with E-state index in [1.165, 1.54) is 0 Å². The Labute approximate surface area is 92.7 Å². The summed E-state index contributed by atoms with van der Waals surface area (Å²) in [5, 5.41) is 18.8. The molecule has 1 rings (SSSR count). The van der Waals surface area contributed by atoms with Crippen LogP contribution >= 0.6 is 15.9 Å². The van der Waals surface area contributed by atoms with Gasteiger partial charge in [0.2, 0.25) is 0 Å². The van der Waals surface area contributed by atoms with Crippen LogP contribution in [0, 0.1) is 0 Å². The van der Waals surface area contributed by atoms with Gasteiger partial charge in [-0.3, -0.25) is 0 Å². The van der Waals surface area contributed by atoms with E-state index in [0.717, 1.165) is 10.0 Å². The molecule has 0 saturated carbocycles. The maximum atomic E-state index is 10.1. The Morgan fingerprint density at radius 3 is 2.36 bits per heavy atom. The number of benzene rings is 1. The van der Waals surface area contributed by atoms with E-state index in [9.17, 15) is 5.11 Å². The van der Waals surface area contributed by atoms with Gasteiger partial charge in [0.25, 0.3) is 0 Å². The van der Waals surface area contributed by atoms with Gasteiger partial charge in [0.05, 0.1) is 5.60 Å². The largest absolute Gasteiger partial charge is 0.396 e. The SMILES string of the molecule is CC(O)(CCCO)c1ccc(Br)cc1. The van der Waals surface area contributed by atoms with Crippen LogP contribution in [0.15, 0.2) is 28.7 Å². The van der Waals surface area contributed by atoms with Crippen LogP contribution in [0.25, 0.3) is 0 Å². The van der Waals surface area contributed by atoms with E-state index >= 15 is 0 Å².